The molecule has 0 unspecified atom stereocenters. The van der Waals surface area contributed by atoms with Crippen molar-refractivity contribution >= 4 is 23.3 Å². The Labute approximate surface area is 256 Å². The Morgan fingerprint density at radius 2 is 1.11 bits per heavy atom. The zero-order valence-corrected chi connectivity index (χ0v) is 25.0. The van der Waals surface area contributed by atoms with Crippen molar-refractivity contribution in [1.82, 2.24) is 0 Å². The van der Waals surface area contributed by atoms with E-state index in [1.54, 1.807) is 26.0 Å². The van der Waals surface area contributed by atoms with Crippen LogP contribution in [0.2, 0.25) is 0 Å². The minimum absolute atomic E-state index is 0.0625. The number of carbonyl (C=O) groups is 1. The molecule has 0 N–H and O–H groups in total. The summed E-state index contributed by atoms with van der Waals surface area (Å²) in [7, 11) is 5.27. The summed E-state index contributed by atoms with van der Waals surface area (Å²) in [4.78, 5) is 31.4. The fourth-order valence-corrected chi connectivity index (χ4v) is 4.65. The van der Waals surface area contributed by atoms with Gasteiger partial charge in [0, 0.05) is 7.05 Å². The molecule has 9 nitrogen and oxygen atoms in total. The summed E-state index contributed by atoms with van der Waals surface area (Å²) in [6.07, 6.45) is 0.250. The van der Waals surface area contributed by atoms with Crippen LogP contribution in [0.1, 0.15) is 6.92 Å². The van der Waals surface area contributed by atoms with Crippen molar-refractivity contribution in [1.29, 1.82) is 0 Å². The van der Waals surface area contributed by atoms with Gasteiger partial charge in [0.25, 0.3) is 0 Å². The Morgan fingerprint density at radius 1 is 0.705 bits per heavy atom. The summed E-state index contributed by atoms with van der Waals surface area (Å²) in [5.74, 6) is 4.46. The maximum atomic E-state index is 11.4. The van der Waals surface area contributed by atoms with Crippen LogP contribution in [0, 0.1) is 0 Å². The number of ketones is 1. The lowest BCUT2D eigenvalue weighted by molar-refractivity contribution is -0.191. The summed E-state index contributed by atoms with van der Waals surface area (Å²) >= 11 is 0. The summed E-state index contributed by atoms with van der Waals surface area (Å²) < 4.78 is 21.5. The highest BCUT2D eigenvalue weighted by molar-refractivity contribution is 5.85. The van der Waals surface area contributed by atoms with E-state index in [2.05, 4.69) is 19.2 Å². The van der Waals surface area contributed by atoms with Crippen LogP contribution in [0.25, 0.3) is 22.3 Å². The maximum Gasteiger partial charge on any atom is 0.373 e. The number of rotatable bonds is 6. The van der Waals surface area contributed by atoms with Gasteiger partial charge in [-0.3, -0.25) is 4.79 Å². The van der Waals surface area contributed by atoms with Gasteiger partial charge in [0.15, 0.2) is 23.3 Å². The Bertz CT molecular complexity index is 1710. The second kappa shape index (κ2) is 13.9. The third-order valence-electron chi connectivity index (χ3n) is 6.93. The van der Waals surface area contributed by atoms with Gasteiger partial charge >= 0.3 is 6.15 Å². The van der Waals surface area contributed by atoms with Gasteiger partial charge in [0.05, 0.1) is 32.1 Å². The lowest BCUT2D eigenvalue weighted by Crippen LogP contribution is -2.25. The molecule has 2 aliphatic rings. The van der Waals surface area contributed by atoms with Crippen LogP contribution >= 0.6 is 0 Å². The molecule has 0 saturated heterocycles. The average molecular weight is 593 g/mol. The smallest absolute Gasteiger partial charge is 0.373 e. The van der Waals surface area contributed by atoms with Crippen molar-refractivity contribution in [2.45, 2.75) is 6.92 Å². The number of nitrogens with zero attached hydrogens (tertiary/aromatic N) is 2. The van der Waals surface area contributed by atoms with Crippen molar-refractivity contribution in [3.8, 4) is 45.3 Å². The van der Waals surface area contributed by atoms with Gasteiger partial charge < -0.3 is 28.7 Å². The summed E-state index contributed by atoms with van der Waals surface area (Å²) in [5.41, 5.74) is 6.32. The molecular weight excluding hydrogens is 560 g/mol. The third kappa shape index (κ3) is 6.98. The van der Waals surface area contributed by atoms with Crippen LogP contribution in [0.5, 0.6) is 23.0 Å². The van der Waals surface area contributed by atoms with Crippen LogP contribution in [-0.4, -0.2) is 39.7 Å². The van der Waals surface area contributed by atoms with Gasteiger partial charge in [-0.15, -0.1) is 0 Å². The quantitative estimate of drug-likeness (QED) is 0.242. The molecule has 0 atom stereocenters. The molecule has 0 spiro atoms. The van der Waals surface area contributed by atoms with Crippen LogP contribution in [0.3, 0.4) is 0 Å². The minimum Gasteiger partial charge on any atom is -0.497 e. The Kier molecular flexibility index (Phi) is 9.85. The molecule has 2 aliphatic heterocycles. The molecule has 0 aromatic heterocycles. The lowest BCUT2D eigenvalue weighted by atomic mass is 10.0. The van der Waals surface area contributed by atoms with Crippen molar-refractivity contribution in [3.05, 3.63) is 110 Å². The highest BCUT2D eigenvalue weighted by Gasteiger charge is 2.26. The van der Waals surface area contributed by atoms with Gasteiger partial charge in [-0.2, -0.15) is 9.59 Å². The fourth-order valence-electron chi connectivity index (χ4n) is 4.65. The van der Waals surface area contributed by atoms with Gasteiger partial charge in [-0.1, -0.05) is 36.4 Å². The number of hydrogen-bond acceptors (Lipinski definition) is 9. The molecule has 44 heavy (non-hydrogen) atoms. The molecule has 0 bridgehead atoms. The first kappa shape index (κ1) is 31.2. The Balaban J connectivity index is 0.000000186. The van der Waals surface area contributed by atoms with Crippen molar-refractivity contribution < 1.29 is 33.3 Å². The maximum absolute atomic E-state index is 11.4. The highest BCUT2D eigenvalue weighted by atomic mass is 16.5. The van der Waals surface area contributed by atoms with Crippen LogP contribution < -0.4 is 28.7 Å². The number of benzene rings is 4. The number of carbonyl (C=O) groups excluding carboxylic acids is 3. The largest absolute Gasteiger partial charge is 0.497 e. The van der Waals surface area contributed by atoms with Crippen LogP contribution in [-0.2, 0) is 14.4 Å². The normalized spacial score (nSPS) is 12.3. The van der Waals surface area contributed by atoms with E-state index in [9.17, 15) is 4.79 Å². The molecule has 2 heterocycles. The average Bonchev–Trinajstić information content (AvgIpc) is 3.50. The zero-order valence-electron chi connectivity index (χ0n) is 25.0. The van der Waals surface area contributed by atoms with E-state index in [1.807, 2.05) is 90.8 Å². The van der Waals surface area contributed by atoms with E-state index < -0.39 is 0 Å². The van der Waals surface area contributed by atoms with E-state index in [4.69, 9.17) is 28.5 Å². The SMILES string of the molecule is C=C1Oc2ccc(-c3ccc(OC)cc3)cc2N1C.C=C1Oc2ccc(-c3ccc(OC)cc3)cc2N1CC(C)=O.O=C=O. The third-order valence-corrected chi connectivity index (χ3v) is 6.93. The van der Waals surface area contributed by atoms with Gasteiger partial charge in [0.1, 0.15) is 17.3 Å². The monoisotopic (exact) mass is 592 g/mol. The van der Waals surface area contributed by atoms with Crippen molar-refractivity contribution in [3.63, 3.8) is 0 Å². The first-order valence-corrected chi connectivity index (χ1v) is 13.5. The van der Waals surface area contributed by atoms with E-state index in [1.165, 1.54) is 0 Å². The molecule has 9 heteroatoms. The summed E-state index contributed by atoms with van der Waals surface area (Å²) in [5, 5.41) is 0. The second-order valence-electron chi connectivity index (χ2n) is 9.74. The molecule has 224 valence electrons. The number of fused-ring (bicyclic) bond motifs is 2. The number of ether oxygens (including phenoxy) is 4. The van der Waals surface area contributed by atoms with Crippen LogP contribution in [0.15, 0.2) is 110 Å². The molecule has 0 aliphatic carbocycles. The van der Waals surface area contributed by atoms with Crippen LogP contribution in [0.4, 0.5) is 11.4 Å². The molecule has 4 aromatic carbocycles. The molecule has 0 amide bonds. The van der Waals surface area contributed by atoms with E-state index >= 15 is 0 Å². The van der Waals surface area contributed by atoms with E-state index in [-0.39, 0.29) is 18.5 Å². The lowest BCUT2D eigenvalue weighted by Gasteiger charge is -2.16. The van der Waals surface area contributed by atoms with E-state index in [0.29, 0.717) is 11.8 Å². The Hall–Kier alpha value is -5.79. The molecule has 0 saturated carbocycles. The zero-order chi connectivity index (χ0) is 31.8. The number of anilines is 2. The van der Waals surface area contributed by atoms with E-state index in [0.717, 1.165) is 56.6 Å². The molecule has 4 aromatic rings. The highest BCUT2D eigenvalue weighted by Crippen LogP contribution is 2.42. The summed E-state index contributed by atoms with van der Waals surface area (Å²) in [6, 6.07) is 27.9. The molecule has 0 fully saturated rings. The van der Waals surface area contributed by atoms with Gasteiger partial charge in [0.2, 0.25) is 0 Å². The molecule has 6 rings (SSSR count). The first-order chi connectivity index (χ1) is 21.2. The standard InChI is InChI=1S/C18H17NO3.C16H15NO2.CO2/c1-12(20)11-19-13(2)22-18-9-6-15(10-17(18)19)14-4-7-16(21-3)8-5-14;1-11-17(2)15-10-13(6-9-16(15)19-11)12-4-7-14(18-3)8-5-12;2-1-3/h4-10H,2,11H2,1,3H3;4-10H,1H2,2-3H3;. The molecule has 0 radical (unpaired) electrons. The number of methoxy groups -OCH3 is 2. The number of Topliss-reactive ketones (excluding diaryl/α,β-unsaturated/α-hetero) is 1. The van der Waals surface area contributed by atoms with Crippen molar-refractivity contribution in [2.24, 2.45) is 0 Å². The fraction of sp³-hybridized carbons (Fsp3) is 0.143. The predicted octanol–water partition coefficient (Wildman–Crippen LogP) is 6.70. The topological polar surface area (TPSA) is 94.6 Å². The predicted molar refractivity (Wildman–Crippen MR) is 168 cm³/mol. The molecular formula is C35H32N2O7. The Morgan fingerprint density at radius 3 is 1.57 bits per heavy atom. The van der Waals surface area contributed by atoms with Crippen molar-refractivity contribution in [2.75, 3.05) is 37.6 Å². The first-order valence-electron chi connectivity index (χ1n) is 13.5. The second-order valence-corrected chi connectivity index (χ2v) is 9.74. The van der Waals surface area contributed by atoms with Gasteiger partial charge in [-0.05, 0) is 90.9 Å². The summed E-state index contributed by atoms with van der Waals surface area (Å²) in [6.45, 7) is 9.54. The minimum atomic E-state index is 0.0625. The van der Waals surface area contributed by atoms with Gasteiger partial charge in [-0.25, -0.2) is 0 Å². The number of hydrogen-bond donors (Lipinski definition) is 0.